The third kappa shape index (κ3) is 1.75. The molecule has 1 aromatic heterocycles. The standard InChI is InChI=1S/C10H17N3O/c1-2-12-6-7-13(10(12)14)8-9-4-3-5-11-9/h6-7,9,11H,2-5,8H2,1H3/t9-/m1/s1. The Balaban J connectivity index is 2.08. The maximum absolute atomic E-state index is 11.7. The number of hydrogen-bond donors (Lipinski definition) is 1. The molecule has 0 spiro atoms. The van der Waals surface area contributed by atoms with Gasteiger partial charge in [-0.15, -0.1) is 0 Å². The van der Waals surface area contributed by atoms with Crippen molar-refractivity contribution in [1.29, 1.82) is 0 Å². The highest BCUT2D eigenvalue weighted by Gasteiger charge is 2.15. The van der Waals surface area contributed by atoms with Crippen molar-refractivity contribution in [3.63, 3.8) is 0 Å². The molecule has 1 aliphatic rings. The molecule has 1 saturated heterocycles. The third-order valence-electron chi connectivity index (χ3n) is 2.84. The average molecular weight is 195 g/mol. The smallest absolute Gasteiger partial charge is 0.312 e. The van der Waals surface area contributed by atoms with Gasteiger partial charge in [0.25, 0.3) is 0 Å². The van der Waals surface area contributed by atoms with Gasteiger partial charge in [-0.2, -0.15) is 0 Å². The van der Waals surface area contributed by atoms with Crippen LogP contribution in [0.2, 0.25) is 0 Å². The number of nitrogens with one attached hydrogen (secondary N) is 1. The second kappa shape index (κ2) is 4.00. The molecule has 4 nitrogen and oxygen atoms in total. The number of aryl methyl sites for hydroxylation is 1. The molecule has 4 heteroatoms. The molecule has 0 aromatic carbocycles. The van der Waals surface area contributed by atoms with E-state index in [1.165, 1.54) is 12.8 Å². The van der Waals surface area contributed by atoms with E-state index in [1.807, 2.05) is 19.3 Å². The van der Waals surface area contributed by atoms with Gasteiger partial charge >= 0.3 is 5.69 Å². The van der Waals surface area contributed by atoms with E-state index in [4.69, 9.17) is 0 Å². The Morgan fingerprint density at radius 1 is 1.50 bits per heavy atom. The van der Waals surface area contributed by atoms with Crippen LogP contribution < -0.4 is 11.0 Å². The van der Waals surface area contributed by atoms with E-state index in [9.17, 15) is 4.79 Å². The summed E-state index contributed by atoms with van der Waals surface area (Å²) in [6.45, 7) is 4.64. The van der Waals surface area contributed by atoms with Crippen molar-refractivity contribution in [1.82, 2.24) is 14.5 Å². The average Bonchev–Trinajstić information content (AvgIpc) is 2.79. The van der Waals surface area contributed by atoms with E-state index in [0.29, 0.717) is 6.04 Å². The quantitative estimate of drug-likeness (QED) is 0.759. The van der Waals surface area contributed by atoms with E-state index < -0.39 is 0 Å². The first-order chi connectivity index (χ1) is 6.81. The SMILES string of the molecule is CCn1ccn(C[C@H]2CCCN2)c1=O. The molecular weight excluding hydrogens is 178 g/mol. The zero-order valence-electron chi connectivity index (χ0n) is 8.57. The van der Waals surface area contributed by atoms with Gasteiger partial charge in [-0.3, -0.25) is 9.13 Å². The third-order valence-corrected chi connectivity index (χ3v) is 2.84. The Kier molecular flexibility index (Phi) is 2.72. The summed E-state index contributed by atoms with van der Waals surface area (Å²) in [5.41, 5.74) is 0.112. The molecule has 0 saturated carbocycles. The minimum atomic E-state index is 0.112. The zero-order valence-corrected chi connectivity index (χ0v) is 8.57. The Hall–Kier alpha value is -1.03. The molecule has 2 rings (SSSR count). The van der Waals surface area contributed by atoms with E-state index in [1.54, 1.807) is 9.13 Å². The number of imidazole rings is 1. The summed E-state index contributed by atoms with van der Waals surface area (Å²) in [5, 5.41) is 3.39. The fraction of sp³-hybridized carbons (Fsp3) is 0.700. The molecule has 0 unspecified atom stereocenters. The molecule has 0 bridgehead atoms. The van der Waals surface area contributed by atoms with Crippen LogP contribution in [0.15, 0.2) is 17.2 Å². The van der Waals surface area contributed by atoms with Crippen molar-refractivity contribution < 1.29 is 0 Å². The topological polar surface area (TPSA) is 39.0 Å². The molecule has 2 heterocycles. The first-order valence-corrected chi connectivity index (χ1v) is 5.30. The molecule has 14 heavy (non-hydrogen) atoms. The molecule has 1 aromatic rings. The molecule has 1 fully saturated rings. The van der Waals surface area contributed by atoms with Crippen LogP contribution in [0.5, 0.6) is 0 Å². The van der Waals surface area contributed by atoms with Gasteiger partial charge in [-0.25, -0.2) is 4.79 Å². The molecule has 1 atom stereocenters. The van der Waals surface area contributed by atoms with E-state index in [0.717, 1.165) is 19.6 Å². The summed E-state index contributed by atoms with van der Waals surface area (Å²) >= 11 is 0. The lowest BCUT2D eigenvalue weighted by molar-refractivity contribution is 0.493. The minimum absolute atomic E-state index is 0.112. The highest BCUT2D eigenvalue weighted by molar-refractivity contribution is 4.84. The van der Waals surface area contributed by atoms with Crippen LogP contribution in [0, 0.1) is 0 Å². The number of aromatic nitrogens is 2. The van der Waals surface area contributed by atoms with Crippen LogP contribution in [-0.4, -0.2) is 21.7 Å². The predicted octanol–water partition coefficient (Wildman–Crippen LogP) is 0.422. The summed E-state index contributed by atoms with van der Waals surface area (Å²) in [6, 6.07) is 0.486. The first kappa shape index (κ1) is 9.52. The number of nitrogens with zero attached hydrogens (tertiary/aromatic N) is 2. The summed E-state index contributed by atoms with van der Waals surface area (Å²) in [7, 11) is 0. The van der Waals surface area contributed by atoms with Crippen molar-refractivity contribution in [2.75, 3.05) is 6.54 Å². The Bertz CT molecular complexity index is 346. The maximum Gasteiger partial charge on any atom is 0.328 e. The summed E-state index contributed by atoms with van der Waals surface area (Å²) in [5.74, 6) is 0. The van der Waals surface area contributed by atoms with Crippen LogP contribution in [0.3, 0.4) is 0 Å². The van der Waals surface area contributed by atoms with Crippen LogP contribution >= 0.6 is 0 Å². The fourth-order valence-electron chi connectivity index (χ4n) is 1.98. The van der Waals surface area contributed by atoms with Crippen molar-refractivity contribution >= 4 is 0 Å². The van der Waals surface area contributed by atoms with Gasteiger partial charge < -0.3 is 5.32 Å². The molecule has 78 valence electrons. The van der Waals surface area contributed by atoms with Gasteiger partial charge in [0.1, 0.15) is 0 Å². The molecule has 1 aliphatic heterocycles. The lowest BCUT2D eigenvalue weighted by Crippen LogP contribution is -2.32. The number of hydrogen-bond acceptors (Lipinski definition) is 2. The lowest BCUT2D eigenvalue weighted by atomic mass is 10.2. The minimum Gasteiger partial charge on any atom is -0.312 e. The van der Waals surface area contributed by atoms with Crippen LogP contribution in [0.4, 0.5) is 0 Å². The molecule has 0 aliphatic carbocycles. The zero-order chi connectivity index (χ0) is 9.97. The van der Waals surface area contributed by atoms with Crippen molar-refractivity contribution in [3.05, 3.63) is 22.9 Å². The van der Waals surface area contributed by atoms with E-state index >= 15 is 0 Å². The van der Waals surface area contributed by atoms with Gasteiger partial charge in [0.2, 0.25) is 0 Å². The highest BCUT2D eigenvalue weighted by Crippen LogP contribution is 2.06. The van der Waals surface area contributed by atoms with Crippen LogP contribution in [0.1, 0.15) is 19.8 Å². The van der Waals surface area contributed by atoms with Crippen molar-refractivity contribution in [2.24, 2.45) is 0 Å². The van der Waals surface area contributed by atoms with Crippen LogP contribution in [0.25, 0.3) is 0 Å². The molecule has 0 amide bonds. The van der Waals surface area contributed by atoms with Crippen LogP contribution in [-0.2, 0) is 13.1 Å². The molecule has 0 radical (unpaired) electrons. The Morgan fingerprint density at radius 2 is 2.29 bits per heavy atom. The van der Waals surface area contributed by atoms with Gasteiger partial charge in [0, 0.05) is 31.5 Å². The Labute approximate surface area is 83.5 Å². The molecule has 1 N–H and O–H groups in total. The first-order valence-electron chi connectivity index (χ1n) is 5.30. The summed E-state index contributed by atoms with van der Waals surface area (Å²) in [6.07, 6.45) is 6.15. The number of rotatable bonds is 3. The van der Waals surface area contributed by atoms with E-state index in [-0.39, 0.29) is 5.69 Å². The summed E-state index contributed by atoms with van der Waals surface area (Å²) < 4.78 is 3.53. The monoisotopic (exact) mass is 195 g/mol. The van der Waals surface area contributed by atoms with Crippen molar-refractivity contribution in [2.45, 2.75) is 38.9 Å². The van der Waals surface area contributed by atoms with Crippen molar-refractivity contribution in [3.8, 4) is 0 Å². The largest absolute Gasteiger partial charge is 0.328 e. The van der Waals surface area contributed by atoms with E-state index in [2.05, 4.69) is 5.32 Å². The van der Waals surface area contributed by atoms with Gasteiger partial charge in [-0.1, -0.05) is 0 Å². The predicted molar refractivity (Wildman–Crippen MR) is 55.4 cm³/mol. The maximum atomic E-state index is 11.7. The summed E-state index contributed by atoms with van der Waals surface area (Å²) in [4.78, 5) is 11.7. The highest BCUT2D eigenvalue weighted by atomic mass is 16.1. The van der Waals surface area contributed by atoms with Gasteiger partial charge in [0.15, 0.2) is 0 Å². The second-order valence-electron chi connectivity index (χ2n) is 3.81. The second-order valence-corrected chi connectivity index (χ2v) is 3.81. The fourth-order valence-corrected chi connectivity index (χ4v) is 1.98. The lowest BCUT2D eigenvalue weighted by Gasteiger charge is -2.09. The normalized spacial score (nSPS) is 21.6. The molecular formula is C10H17N3O. The van der Waals surface area contributed by atoms with Gasteiger partial charge in [-0.05, 0) is 26.3 Å². The Morgan fingerprint density at radius 3 is 2.86 bits per heavy atom. The van der Waals surface area contributed by atoms with Gasteiger partial charge in [0.05, 0.1) is 0 Å².